The topological polar surface area (TPSA) is 0 Å². The van der Waals surface area contributed by atoms with E-state index < -0.39 is 0 Å². The van der Waals surface area contributed by atoms with E-state index in [1.165, 1.54) is 57.8 Å². The molecule has 0 heteroatoms. The molecule has 0 nitrogen and oxygen atoms in total. The molecule has 14 heavy (non-hydrogen) atoms. The summed E-state index contributed by atoms with van der Waals surface area (Å²) in [6.45, 7) is 6.83. The molecule has 0 saturated carbocycles. The van der Waals surface area contributed by atoms with Gasteiger partial charge in [0.2, 0.25) is 0 Å². The third-order valence-electron chi connectivity index (χ3n) is 2.73. The van der Waals surface area contributed by atoms with Crippen molar-refractivity contribution in [3.05, 3.63) is 11.6 Å². The molecule has 0 aliphatic carbocycles. The first-order valence-electron chi connectivity index (χ1n) is 6.46. The van der Waals surface area contributed by atoms with E-state index in [1.54, 1.807) is 5.57 Å². The summed E-state index contributed by atoms with van der Waals surface area (Å²) in [5.74, 6) is 0. The van der Waals surface area contributed by atoms with E-state index in [0.717, 1.165) is 0 Å². The van der Waals surface area contributed by atoms with Crippen molar-refractivity contribution in [1.82, 2.24) is 0 Å². The van der Waals surface area contributed by atoms with Crippen molar-refractivity contribution in [3.8, 4) is 0 Å². The predicted octanol–water partition coefficient (Wildman–Crippen LogP) is 5.48. The molecule has 0 amide bonds. The standard InChI is InChI=1S/C14H28/c1-4-6-8-10-12-14(3)13-11-9-7-5-2/h12H,4-11,13H2,1-3H3. The van der Waals surface area contributed by atoms with E-state index >= 15 is 0 Å². The van der Waals surface area contributed by atoms with Gasteiger partial charge in [0.25, 0.3) is 0 Å². The van der Waals surface area contributed by atoms with Gasteiger partial charge in [-0.15, -0.1) is 0 Å². The fourth-order valence-electron chi connectivity index (χ4n) is 1.68. The summed E-state index contributed by atoms with van der Waals surface area (Å²) in [6.07, 6.45) is 14.7. The fraction of sp³-hybridized carbons (Fsp3) is 0.857. The molecule has 0 bridgehead atoms. The minimum atomic E-state index is 1.30. The molecule has 0 saturated heterocycles. The number of allylic oxidation sites excluding steroid dienone is 2. The van der Waals surface area contributed by atoms with Crippen LogP contribution in [0.3, 0.4) is 0 Å². The first kappa shape index (κ1) is 13.7. The Morgan fingerprint density at radius 1 is 0.857 bits per heavy atom. The van der Waals surface area contributed by atoms with Gasteiger partial charge in [-0.2, -0.15) is 0 Å². The van der Waals surface area contributed by atoms with Crippen molar-refractivity contribution in [2.45, 2.75) is 78.6 Å². The van der Waals surface area contributed by atoms with Crippen molar-refractivity contribution in [1.29, 1.82) is 0 Å². The van der Waals surface area contributed by atoms with Crippen molar-refractivity contribution in [2.24, 2.45) is 0 Å². The molecular formula is C14H28. The van der Waals surface area contributed by atoms with E-state index in [-0.39, 0.29) is 0 Å². The Morgan fingerprint density at radius 3 is 2.14 bits per heavy atom. The molecule has 84 valence electrons. The van der Waals surface area contributed by atoms with Crippen LogP contribution in [0, 0.1) is 0 Å². The van der Waals surface area contributed by atoms with Gasteiger partial charge in [-0.3, -0.25) is 0 Å². The quantitative estimate of drug-likeness (QED) is 0.338. The third-order valence-corrected chi connectivity index (χ3v) is 2.73. The van der Waals surface area contributed by atoms with Crippen LogP contribution in [-0.2, 0) is 0 Å². The SMILES string of the molecule is CCCCCC=C(C)CCCCCC. The first-order valence-corrected chi connectivity index (χ1v) is 6.46. The number of rotatable bonds is 9. The molecule has 0 aromatic rings. The number of hydrogen-bond acceptors (Lipinski definition) is 0. The van der Waals surface area contributed by atoms with Gasteiger partial charge in [0, 0.05) is 0 Å². The third kappa shape index (κ3) is 9.83. The maximum Gasteiger partial charge on any atom is -0.0323 e. The highest BCUT2D eigenvalue weighted by molar-refractivity contribution is 4.97. The molecule has 0 aromatic heterocycles. The lowest BCUT2D eigenvalue weighted by Crippen LogP contribution is -1.81. The second-order valence-corrected chi connectivity index (χ2v) is 4.36. The zero-order valence-electron chi connectivity index (χ0n) is 10.4. The highest BCUT2D eigenvalue weighted by atomic mass is 14.0. The molecule has 0 N–H and O–H groups in total. The van der Waals surface area contributed by atoms with E-state index in [9.17, 15) is 0 Å². The zero-order valence-corrected chi connectivity index (χ0v) is 10.4. The molecule has 0 fully saturated rings. The summed E-state index contributed by atoms with van der Waals surface area (Å²) in [6, 6.07) is 0. The predicted molar refractivity (Wildman–Crippen MR) is 66.7 cm³/mol. The van der Waals surface area contributed by atoms with E-state index in [4.69, 9.17) is 0 Å². The molecule has 0 spiro atoms. The van der Waals surface area contributed by atoms with Gasteiger partial charge in [-0.25, -0.2) is 0 Å². The molecule has 0 rings (SSSR count). The van der Waals surface area contributed by atoms with Crippen LogP contribution in [0.5, 0.6) is 0 Å². The van der Waals surface area contributed by atoms with Crippen LogP contribution in [0.4, 0.5) is 0 Å². The van der Waals surface area contributed by atoms with Crippen molar-refractivity contribution < 1.29 is 0 Å². The molecule has 0 unspecified atom stereocenters. The Kier molecular flexibility index (Phi) is 10.6. The highest BCUT2D eigenvalue weighted by Gasteiger charge is 1.91. The molecule has 0 aliphatic heterocycles. The zero-order chi connectivity index (χ0) is 10.6. The highest BCUT2D eigenvalue weighted by Crippen LogP contribution is 2.11. The minimum absolute atomic E-state index is 1.30. The van der Waals surface area contributed by atoms with Crippen LogP contribution >= 0.6 is 0 Å². The monoisotopic (exact) mass is 196 g/mol. The summed E-state index contributed by atoms with van der Waals surface area (Å²) in [5, 5.41) is 0. The number of unbranched alkanes of at least 4 members (excludes halogenated alkanes) is 6. The van der Waals surface area contributed by atoms with Crippen LogP contribution in [-0.4, -0.2) is 0 Å². The summed E-state index contributed by atoms with van der Waals surface area (Å²) in [5.41, 5.74) is 1.61. The summed E-state index contributed by atoms with van der Waals surface area (Å²) in [4.78, 5) is 0. The van der Waals surface area contributed by atoms with E-state index in [1.807, 2.05) is 0 Å². The lowest BCUT2D eigenvalue weighted by molar-refractivity contribution is 0.661. The lowest BCUT2D eigenvalue weighted by atomic mass is 10.1. The smallest absolute Gasteiger partial charge is 0.0323 e. The first-order chi connectivity index (χ1) is 6.81. The Hall–Kier alpha value is -0.260. The molecule has 0 atom stereocenters. The van der Waals surface area contributed by atoms with Crippen molar-refractivity contribution in [2.75, 3.05) is 0 Å². The van der Waals surface area contributed by atoms with E-state index in [0.29, 0.717) is 0 Å². The van der Waals surface area contributed by atoms with Crippen LogP contribution in [0.25, 0.3) is 0 Å². The second kappa shape index (κ2) is 10.8. The second-order valence-electron chi connectivity index (χ2n) is 4.36. The molecule has 0 heterocycles. The summed E-state index contributed by atoms with van der Waals surface area (Å²) in [7, 11) is 0. The molecule has 0 radical (unpaired) electrons. The van der Waals surface area contributed by atoms with Crippen LogP contribution in [0.1, 0.15) is 78.6 Å². The average Bonchev–Trinajstić information content (AvgIpc) is 2.19. The Balaban J connectivity index is 3.28. The molecular weight excluding hydrogens is 168 g/mol. The normalized spacial score (nSPS) is 12.1. The van der Waals surface area contributed by atoms with Crippen LogP contribution in [0.15, 0.2) is 11.6 Å². The van der Waals surface area contributed by atoms with Crippen LogP contribution in [0.2, 0.25) is 0 Å². The number of hydrogen-bond donors (Lipinski definition) is 0. The lowest BCUT2D eigenvalue weighted by Gasteiger charge is -2.01. The average molecular weight is 196 g/mol. The van der Waals surface area contributed by atoms with E-state index in [2.05, 4.69) is 26.8 Å². The Morgan fingerprint density at radius 2 is 1.50 bits per heavy atom. The van der Waals surface area contributed by atoms with Gasteiger partial charge < -0.3 is 0 Å². The van der Waals surface area contributed by atoms with Crippen molar-refractivity contribution >= 4 is 0 Å². The summed E-state index contributed by atoms with van der Waals surface area (Å²) >= 11 is 0. The maximum atomic E-state index is 2.45. The van der Waals surface area contributed by atoms with Gasteiger partial charge in [-0.1, -0.05) is 57.6 Å². The fourth-order valence-corrected chi connectivity index (χ4v) is 1.68. The Labute approximate surface area is 90.8 Å². The minimum Gasteiger partial charge on any atom is -0.0856 e. The van der Waals surface area contributed by atoms with Gasteiger partial charge >= 0.3 is 0 Å². The van der Waals surface area contributed by atoms with Gasteiger partial charge in [0.15, 0.2) is 0 Å². The largest absolute Gasteiger partial charge is 0.0856 e. The van der Waals surface area contributed by atoms with Gasteiger partial charge in [0.1, 0.15) is 0 Å². The Bertz CT molecular complexity index is 133. The van der Waals surface area contributed by atoms with Gasteiger partial charge in [-0.05, 0) is 32.6 Å². The van der Waals surface area contributed by atoms with Gasteiger partial charge in [0.05, 0.1) is 0 Å². The van der Waals surface area contributed by atoms with Crippen molar-refractivity contribution in [3.63, 3.8) is 0 Å². The maximum absolute atomic E-state index is 2.45. The summed E-state index contributed by atoms with van der Waals surface area (Å²) < 4.78 is 0. The molecule has 0 aliphatic rings. The van der Waals surface area contributed by atoms with Crippen LogP contribution < -0.4 is 0 Å². The molecule has 0 aromatic carbocycles.